The van der Waals surface area contributed by atoms with Gasteiger partial charge in [-0.2, -0.15) is 0 Å². The van der Waals surface area contributed by atoms with E-state index < -0.39 is 0 Å². The minimum Gasteiger partial charge on any atom is -0.506 e. The SMILES string of the molecule is O.O.Oc1cccc2[nH]nnc12.On1nnc2ccccc21. The fourth-order valence-electron chi connectivity index (χ4n) is 1.71. The van der Waals surface area contributed by atoms with Crippen LogP contribution in [0.15, 0.2) is 42.5 Å². The van der Waals surface area contributed by atoms with Crippen molar-refractivity contribution in [2.45, 2.75) is 0 Å². The van der Waals surface area contributed by atoms with Crippen molar-refractivity contribution in [3.05, 3.63) is 42.5 Å². The Morgan fingerprint density at radius 1 is 0.955 bits per heavy atom. The lowest BCUT2D eigenvalue weighted by Gasteiger charge is -1.87. The molecule has 0 amide bonds. The molecule has 0 aliphatic carbocycles. The summed E-state index contributed by atoms with van der Waals surface area (Å²) in [4.78, 5) is 0.759. The molecule has 0 aliphatic heterocycles. The minimum absolute atomic E-state index is 0. The maximum atomic E-state index is 9.14. The zero-order valence-corrected chi connectivity index (χ0v) is 11.2. The lowest BCUT2D eigenvalue weighted by Crippen LogP contribution is -1.90. The van der Waals surface area contributed by atoms with Crippen molar-refractivity contribution >= 4 is 22.1 Å². The average Bonchev–Trinajstić information content (AvgIpc) is 3.08. The number of aromatic nitrogens is 6. The molecule has 4 rings (SSSR count). The molecule has 2 aromatic heterocycles. The van der Waals surface area contributed by atoms with Gasteiger partial charge in [0.05, 0.1) is 5.52 Å². The van der Waals surface area contributed by atoms with Gasteiger partial charge in [0.25, 0.3) is 0 Å². The smallest absolute Gasteiger partial charge is 0.154 e. The molecule has 0 bridgehead atoms. The Morgan fingerprint density at radius 3 is 2.45 bits per heavy atom. The van der Waals surface area contributed by atoms with Gasteiger partial charge in [-0.3, -0.25) is 5.10 Å². The van der Waals surface area contributed by atoms with Crippen molar-refractivity contribution in [1.82, 2.24) is 30.6 Å². The maximum absolute atomic E-state index is 9.14. The monoisotopic (exact) mass is 306 g/mol. The van der Waals surface area contributed by atoms with Crippen molar-refractivity contribution in [2.24, 2.45) is 0 Å². The third-order valence-corrected chi connectivity index (χ3v) is 2.67. The summed E-state index contributed by atoms with van der Waals surface area (Å²) < 4.78 is 0. The summed E-state index contributed by atoms with van der Waals surface area (Å²) in [7, 11) is 0. The van der Waals surface area contributed by atoms with E-state index in [1.54, 1.807) is 30.3 Å². The predicted molar refractivity (Wildman–Crippen MR) is 77.5 cm³/mol. The van der Waals surface area contributed by atoms with Crippen LogP contribution in [-0.4, -0.2) is 51.8 Å². The molecule has 2 aromatic carbocycles. The van der Waals surface area contributed by atoms with Gasteiger partial charge in [0.1, 0.15) is 16.8 Å². The van der Waals surface area contributed by atoms with E-state index in [1.165, 1.54) is 0 Å². The fourth-order valence-corrected chi connectivity index (χ4v) is 1.71. The third kappa shape index (κ3) is 3.08. The highest BCUT2D eigenvalue weighted by Crippen LogP contribution is 2.18. The molecule has 0 atom stereocenters. The summed E-state index contributed by atoms with van der Waals surface area (Å²) in [5, 5.41) is 35.0. The summed E-state index contributed by atoms with van der Waals surface area (Å²) in [6, 6.07) is 12.3. The molecule has 0 unspecified atom stereocenters. The highest BCUT2D eigenvalue weighted by Gasteiger charge is 1.99. The predicted octanol–water partition coefficient (Wildman–Crippen LogP) is -0.317. The van der Waals surface area contributed by atoms with E-state index >= 15 is 0 Å². The molecule has 22 heavy (non-hydrogen) atoms. The van der Waals surface area contributed by atoms with Gasteiger partial charge < -0.3 is 21.3 Å². The fraction of sp³-hybridized carbons (Fsp3) is 0. The molecule has 0 fully saturated rings. The van der Waals surface area contributed by atoms with E-state index in [4.69, 9.17) is 10.3 Å². The van der Waals surface area contributed by atoms with Crippen LogP contribution < -0.4 is 0 Å². The Bertz CT molecular complexity index is 853. The van der Waals surface area contributed by atoms with Crippen LogP contribution in [0.2, 0.25) is 0 Å². The first kappa shape index (κ1) is 16.8. The number of H-pyrrole nitrogens is 1. The summed E-state index contributed by atoms with van der Waals surface area (Å²) in [6.45, 7) is 0. The second kappa shape index (κ2) is 6.97. The lowest BCUT2D eigenvalue weighted by molar-refractivity contribution is 0.155. The molecule has 10 nitrogen and oxygen atoms in total. The molecule has 10 heteroatoms. The van der Waals surface area contributed by atoms with Crippen LogP contribution in [0.5, 0.6) is 5.75 Å². The number of nitrogens with one attached hydrogen (secondary N) is 1. The molecule has 0 saturated carbocycles. The van der Waals surface area contributed by atoms with Crippen molar-refractivity contribution in [1.29, 1.82) is 0 Å². The van der Waals surface area contributed by atoms with Crippen molar-refractivity contribution < 1.29 is 21.3 Å². The maximum Gasteiger partial charge on any atom is 0.154 e. The largest absolute Gasteiger partial charge is 0.506 e. The van der Waals surface area contributed by atoms with Gasteiger partial charge >= 0.3 is 0 Å². The van der Waals surface area contributed by atoms with Crippen LogP contribution in [0.25, 0.3) is 22.1 Å². The van der Waals surface area contributed by atoms with Crippen LogP contribution in [0.3, 0.4) is 0 Å². The van der Waals surface area contributed by atoms with Crippen molar-refractivity contribution in [2.75, 3.05) is 0 Å². The van der Waals surface area contributed by atoms with Crippen molar-refractivity contribution in [3.63, 3.8) is 0 Å². The Kier molecular flexibility index (Phi) is 5.32. The molecule has 116 valence electrons. The molecule has 7 N–H and O–H groups in total. The van der Waals surface area contributed by atoms with Crippen LogP contribution in [0, 0.1) is 0 Å². The number of nitrogens with zero attached hydrogens (tertiary/aromatic N) is 5. The van der Waals surface area contributed by atoms with Gasteiger partial charge in [0.15, 0.2) is 5.52 Å². The first-order chi connectivity index (χ1) is 9.75. The van der Waals surface area contributed by atoms with Gasteiger partial charge in [-0.15, -0.1) is 10.2 Å². The lowest BCUT2D eigenvalue weighted by atomic mass is 10.3. The molecule has 0 radical (unpaired) electrons. The Labute approximate surface area is 123 Å². The summed E-state index contributed by atoms with van der Waals surface area (Å²) in [6.07, 6.45) is 0. The Hall–Kier alpha value is -3.24. The van der Waals surface area contributed by atoms with E-state index in [-0.39, 0.29) is 16.7 Å². The second-order valence-electron chi connectivity index (χ2n) is 3.95. The molecular weight excluding hydrogens is 292 g/mol. The van der Waals surface area contributed by atoms with Gasteiger partial charge in [0, 0.05) is 0 Å². The topological polar surface area (TPSA) is 176 Å². The number of aromatic amines is 1. The molecule has 0 aliphatic rings. The molecule has 4 aromatic rings. The van der Waals surface area contributed by atoms with Crippen molar-refractivity contribution in [3.8, 4) is 5.75 Å². The van der Waals surface area contributed by atoms with E-state index in [0.29, 0.717) is 16.6 Å². The highest BCUT2D eigenvalue weighted by atomic mass is 16.5. The first-order valence-electron chi connectivity index (χ1n) is 5.74. The molecule has 2 heterocycles. The summed E-state index contributed by atoms with van der Waals surface area (Å²) >= 11 is 0. The minimum atomic E-state index is 0. The van der Waals surface area contributed by atoms with E-state index in [9.17, 15) is 0 Å². The normalized spacial score (nSPS) is 9.45. The Balaban J connectivity index is 0.000000202. The number of benzene rings is 2. The third-order valence-electron chi connectivity index (χ3n) is 2.67. The van der Waals surface area contributed by atoms with E-state index in [2.05, 4.69) is 25.7 Å². The quantitative estimate of drug-likeness (QED) is 0.375. The van der Waals surface area contributed by atoms with Crippen LogP contribution in [0.1, 0.15) is 0 Å². The van der Waals surface area contributed by atoms with Gasteiger partial charge in [0.2, 0.25) is 0 Å². The Morgan fingerprint density at radius 2 is 1.73 bits per heavy atom. The number of hydrogen-bond donors (Lipinski definition) is 3. The van der Waals surface area contributed by atoms with Crippen LogP contribution in [0.4, 0.5) is 0 Å². The number of fused-ring (bicyclic) bond motifs is 2. The van der Waals surface area contributed by atoms with Gasteiger partial charge in [-0.05, 0) is 29.5 Å². The van der Waals surface area contributed by atoms with Gasteiger partial charge in [-0.25, -0.2) is 0 Å². The second-order valence-corrected chi connectivity index (χ2v) is 3.95. The zero-order chi connectivity index (χ0) is 13.9. The molecular formula is C12H14N6O4. The highest BCUT2D eigenvalue weighted by molar-refractivity contribution is 5.79. The molecule has 0 saturated heterocycles. The molecule has 0 spiro atoms. The van der Waals surface area contributed by atoms with Crippen LogP contribution in [-0.2, 0) is 0 Å². The average molecular weight is 306 g/mol. The first-order valence-corrected chi connectivity index (χ1v) is 5.74. The number of rotatable bonds is 0. The number of phenolic OH excluding ortho intramolecular Hbond substituents is 1. The summed E-state index contributed by atoms with van der Waals surface area (Å²) in [5.41, 5.74) is 2.59. The van der Waals surface area contributed by atoms with Gasteiger partial charge in [-0.1, -0.05) is 28.3 Å². The zero-order valence-electron chi connectivity index (χ0n) is 11.2. The number of hydrogen-bond acceptors (Lipinski definition) is 6. The van der Waals surface area contributed by atoms with Crippen LogP contribution >= 0.6 is 0 Å². The summed E-state index contributed by atoms with van der Waals surface area (Å²) in [5.74, 6) is 0.159. The standard InChI is InChI=1S/2C6H5N3O.2H2O/c10-9-6-4-2-1-3-5(6)7-8-9;10-5-3-1-2-4-6(5)8-9-7-4;;/h1-4,10H;1-3,10H,(H,7,8,9);2*1H2. The van der Waals surface area contributed by atoms with E-state index in [0.717, 1.165) is 10.4 Å². The van der Waals surface area contributed by atoms with E-state index in [1.807, 2.05) is 12.1 Å². The number of para-hydroxylation sites is 1. The number of phenols is 1. The number of aromatic hydroxyl groups is 1.